The lowest BCUT2D eigenvalue weighted by atomic mass is 9.84. The van der Waals surface area contributed by atoms with Gasteiger partial charge in [0.25, 0.3) is 0 Å². The van der Waals surface area contributed by atoms with E-state index in [1.54, 1.807) is 21.9 Å². The monoisotopic (exact) mass is 555 g/mol. The number of urea groups is 1. The molecule has 3 amide bonds. The van der Waals surface area contributed by atoms with Gasteiger partial charge in [0.05, 0.1) is 19.1 Å². The molecule has 214 valence electrons. The van der Waals surface area contributed by atoms with Crippen LogP contribution in [0, 0.1) is 0 Å². The zero-order valence-electron chi connectivity index (χ0n) is 22.0. The number of alkyl carbamates (subject to hydrolysis) is 1. The fourth-order valence-corrected chi connectivity index (χ4v) is 4.54. The number of ether oxygens (including phenoxy) is 3. The molecule has 0 bridgehead atoms. The van der Waals surface area contributed by atoms with E-state index in [0.29, 0.717) is 45.8 Å². The van der Waals surface area contributed by atoms with E-state index in [4.69, 9.17) is 14.0 Å². The molecule has 11 nitrogen and oxygen atoms in total. The number of nitrogens with one attached hydrogen (secondary N) is 1. The number of benzene rings is 1. The molecule has 2 atom stereocenters. The maximum absolute atomic E-state index is 13.3. The number of carbonyl (C=O) groups is 2. The Kier molecular flexibility index (Phi) is 8.52. The lowest BCUT2D eigenvalue weighted by Crippen LogP contribution is -2.52. The first-order valence-electron chi connectivity index (χ1n) is 12.6. The third kappa shape index (κ3) is 8.22. The highest BCUT2D eigenvalue weighted by molar-refractivity contribution is 5.75. The molecular weight excluding hydrogens is 523 g/mol. The van der Waals surface area contributed by atoms with E-state index >= 15 is 0 Å². The summed E-state index contributed by atoms with van der Waals surface area (Å²) in [5, 5.41) is 6.59. The van der Waals surface area contributed by atoms with Gasteiger partial charge in [0.1, 0.15) is 5.75 Å². The number of rotatable bonds is 5. The third-order valence-corrected chi connectivity index (χ3v) is 6.23. The summed E-state index contributed by atoms with van der Waals surface area (Å²) in [5.41, 5.74) is 0.278. The van der Waals surface area contributed by atoms with Gasteiger partial charge in [0, 0.05) is 37.6 Å². The van der Waals surface area contributed by atoms with Gasteiger partial charge in [-0.25, -0.2) is 9.59 Å². The van der Waals surface area contributed by atoms with Crippen LogP contribution in [0.25, 0.3) is 0 Å². The molecule has 0 aliphatic carbocycles. The van der Waals surface area contributed by atoms with Crippen molar-refractivity contribution in [3.63, 3.8) is 0 Å². The number of morpholine rings is 1. The third-order valence-electron chi connectivity index (χ3n) is 6.23. The lowest BCUT2D eigenvalue weighted by Gasteiger charge is -2.40. The summed E-state index contributed by atoms with van der Waals surface area (Å²) in [7, 11) is 0. The van der Waals surface area contributed by atoms with Crippen molar-refractivity contribution in [3.8, 4) is 5.75 Å². The Morgan fingerprint density at radius 3 is 2.36 bits per heavy atom. The van der Waals surface area contributed by atoms with Crippen molar-refractivity contribution < 1.29 is 41.5 Å². The standard InChI is InChI=1S/C25H32F3N5O6/c1-24(2,3)30-22(34)37-15-20-29-21(39-31-20)18-12-17(16-4-6-19(7-5-16)38-25(26,27)28)13-33(14-18)23(35)32-8-10-36-11-9-32/h4-7,17-18H,8-15H2,1-3H3,(H,30,34). The minimum absolute atomic E-state index is 0.160. The summed E-state index contributed by atoms with van der Waals surface area (Å²) in [4.78, 5) is 33.1. The molecule has 2 fully saturated rings. The first kappa shape index (κ1) is 28.5. The van der Waals surface area contributed by atoms with Crippen LogP contribution < -0.4 is 10.1 Å². The zero-order chi connectivity index (χ0) is 28.2. The van der Waals surface area contributed by atoms with Gasteiger partial charge in [0.2, 0.25) is 11.7 Å². The number of halogens is 3. The SMILES string of the molecule is CC(C)(C)NC(=O)OCc1noc(C2CC(c3ccc(OC(F)(F)F)cc3)CN(C(=O)N3CCOCC3)C2)n1. The van der Waals surface area contributed by atoms with E-state index in [-0.39, 0.29) is 41.9 Å². The van der Waals surface area contributed by atoms with Crippen LogP contribution in [-0.4, -0.2) is 83.4 Å². The highest BCUT2D eigenvalue weighted by Gasteiger charge is 2.37. The second-order valence-corrected chi connectivity index (χ2v) is 10.5. The van der Waals surface area contributed by atoms with Crippen molar-refractivity contribution in [2.24, 2.45) is 0 Å². The molecule has 2 aromatic rings. The van der Waals surface area contributed by atoms with Crippen molar-refractivity contribution >= 4 is 12.1 Å². The summed E-state index contributed by atoms with van der Waals surface area (Å²) in [6.07, 6.45) is -4.89. The van der Waals surface area contributed by atoms with Crippen LogP contribution in [-0.2, 0) is 16.1 Å². The number of carbonyl (C=O) groups excluding carboxylic acids is 2. The van der Waals surface area contributed by atoms with Gasteiger partial charge in [-0.2, -0.15) is 4.98 Å². The first-order chi connectivity index (χ1) is 18.4. The number of amides is 3. The van der Waals surface area contributed by atoms with Gasteiger partial charge in [-0.05, 0) is 44.9 Å². The van der Waals surface area contributed by atoms with E-state index in [2.05, 4.69) is 20.2 Å². The minimum Gasteiger partial charge on any atom is -0.441 e. The molecule has 0 saturated carbocycles. The molecule has 1 N–H and O–H groups in total. The largest absolute Gasteiger partial charge is 0.573 e. The lowest BCUT2D eigenvalue weighted by molar-refractivity contribution is -0.274. The molecule has 39 heavy (non-hydrogen) atoms. The summed E-state index contributed by atoms with van der Waals surface area (Å²) in [6.45, 7) is 7.77. The van der Waals surface area contributed by atoms with Crippen molar-refractivity contribution in [2.45, 2.75) is 57.5 Å². The van der Waals surface area contributed by atoms with Crippen LogP contribution in [0.4, 0.5) is 22.8 Å². The van der Waals surface area contributed by atoms with Gasteiger partial charge in [-0.15, -0.1) is 13.2 Å². The predicted molar refractivity (Wildman–Crippen MR) is 130 cm³/mol. The van der Waals surface area contributed by atoms with Crippen LogP contribution in [0.5, 0.6) is 5.75 Å². The second-order valence-electron chi connectivity index (χ2n) is 10.5. The Bertz CT molecular complexity index is 1130. The Morgan fingerprint density at radius 2 is 1.72 bits per heavy atom. The number of hydrogen-bond acceptors (Lipinski definition) is 8. The Labute approximate surface area is 223 Å². The van der Waals surface area contributed by atoms with Crippen molar-refractivity contribution in [3.05, 3.63) is 41.5 Å². The number of hydrogen-bond donors (Lipinski definition) is 1. The highest BCUT2D eigenvalue weighted by Crippen LogP contribution is 2.37. The average Bonchev–Trinajstić information content (AvgIpc) is 3.35. The molecule has 2 aliphatic rings. The summed E-state index contributed by atoms with van der Waals surface area (Å²) in [6, 6.07) is 5.47. The van der Waals surface area contributed by atoms with Crippen molar-refractivity contribution in [1.29, 1.82) is 0 Å². The fourth-order valence-electron chi connectivity index (χ4n) is 4.54. The molecular formula is C25H32F3N5O6. The first-order valence-corrected chi connectivity index (χ1v) is 12.6. The number of piperidine rings is 1. The number of likely N-dealkylation sites (tertiary alicyclic amines) is 1. The molecule has 4 rings (SSSR count). The van der Waals surface area contributed by atoms with Gasteiger partial charge in [-0.3, -0.25) is 0 Å². The molecule has 14 heteroatoms. The number of alkyl halides is 3. The maximum atomic E-state index is 13.3. The van der Waals surface area contributed by atoms with Crippen molar-refractivity contribution in [1.82, 2.24) is 25.3 Å². The number of nitrogens with zero attached hydrogens (tertiary/aromatic N) is 4. The van der Waals surface area contributed by atoms with E-state index in [1.165, 1.54) is 12.1 Å². The summed E-state index contributed by atoms with van der Waals surface area (Å²) in [5.74, 6) is -0.415. The molecule has 3 heterocycles. The van der Waals surface area contributed by atoms with Crippen LogP contribution >= 0.6 is 0 Å². The van der Waals surface area contributed by atoms with E-state index in [9.17, 15) is 22.8 Å². The zero-order valence-corrected chi connectivity index (χ0v) is 22.0. The van der Waals surface area contributed by atoms with Gasteiger partial charge < -0.3 is 33.9 Å². The van der Waals surface area contributed by atoms with Crippen LogP contribution in [0.3, 0.4) is 0 Å². The number of aromatic nitrogens is 2. The Hall–Kier alpha value is -3.55. The fraction of sp³-hybridized carbons (Fsp3) is 0.600. The molecule has 0 spiro atoms. The highest BCUT2D eigenvalue weighted by atomic mass is 19.4. The summed E-state index contributed by atoms with van der Waals surface area (Å²) >= 11 is 0. The quantitative estimate of drug-likeness (QED) is 0.588. The van der Waals surface area contributed by atoms with Crippen LogP contribution in [0.2, 0.25) is 0 Å². The Morgan fingerprint density at radius 1 is 1.05 bits per heavy atom. The molecule has 1 aromatic heterocycles. The van der Waals surface area contributed by atoms with E-state index in [1.807, 2.05) is 20.8 Å². The molecule has 0 radical (unpaired) electrons. The second kappa shape index (κ2) is 11.7. The van der Waals surface area contributed by atoms with Crippen molar-refractivity contribution in [2.75, 3.05) is 39.4 Å². The van der Waals surface area contributed by atoms with Gasteiger partial charge in [0.15, 0.2) is 6.61 Å². The molecule has 1 aromatic carbocycles. The van der Waals surface area contributed by atoms with Gasteiger partial charge in [-0.1, -0.05) is 17.3 Å². The predicted octanol–water partition coefficient (Wildman–Crippen LogP) is 4.02. The molecule has 2 aliphatic heterocycles. The maximum Gasteiger partial charge on any atom is 0.573 e. The smallest absolute Gasteiger partial charge is 0.441 e. The summed E-state index contributed by atoms with van der Waals surface area (Å²) < 4.78 is 57.8. The van der Waals surface area contributed by atoms with E-state index < -0.39 is 18.0 Å². The minimum atomic E-state index is -4.79. The normalized spacial score (nSPS) is 20.5. The van der Waals surface area contributed by atoms with E-state index in [0.717, 1.165) is 5.56 Å². The average molecular weight is 556 g/mol. The molecule has 2 saturated heterocycles. The molecule has 2 unspecified atom stereocenters. The van der Waals surface area contributed by atoms with Crippen LogP contribution in [0.1, 0.15) is 56.3 Å². The van der Waals surface area contributed by atoms with Gasteiger partial charge >= 0.3 is 18.5 Å². The Balaban J connectivity index is 1.49. The topological polar surface area (TPSA) is 119 Å². The van der Waals surface area contributed by atoms with Crippen LogP contribution in [0.15, 0.2) is 28.8 Å².